The predicted molar refractivity (Wildman–Crippen MR) is 141 cm³/mol. The summed E-state index contributed by atoms with van der Waals surface area (Å²) < 4.78 is 13.1. The highest BCUT2D eigenvalue weighted by molar-refractivity contribution is 6.07. The van der Waals surface area contributed by atoms with E-state index in [0.717, 1.165) is 28.0 Å². The molecule has 0 saturated heterocycles. The Kier molecular flexibility index (Phi) is 6.37. The first-order chi connectivity index (χ1) is 17.6. The second kappa shape index (κ2) is 9.92. The molecule has 1 aromatic heterocycles. The molecule has 0 fully saturated rings. The van der Waals surface area contributed by atoms with Crippen LogP contribution in [0.15, 0.2) is 103 Å². The van der Waals surface area contributed by atoms with E-state index >= 15 is 0 Å². The normalized spacial score (nSPS) is 10.8. The largest absolute Gasteiger partial charge is 0.462 e. The monoisotopic (exact) mass is 475 g/mol. The lowest BCUT2D eigenvalue weighted by atomic mass is 10.0. The van der Waals surface area contributed by atoms with Crippen molar-refractivity contribution in [2.75, 3.05) is 6.61 Å². The van der Waals surface area contributed by atoms with Crippen LogP contribution in [0.1, 0.15) is 33.3 Å². The van der Waals surface area contributed by atoms with Gasteiger partial charge >= 0.3 is 11.9 Å². The highest BCUT2D eigenvalue weighted by atomic mass is 16.5. The predicted octanol–water partition coefficient (Wildman–Crippen LogP) is 7.00. The van der Waals surface area contributed by atoms with Crippen LogP contribution in [0, 0.1) is 6.92 Å². The Bertz CT molecular complexity index is 1540. The van der Waals surface area contributed by atoms with Crippen molar-refractivity contribution in [3.63, 3.8) is 0 Å². The van der Waals surface area contributed by atoms with E-state index in [1.807, 2.05) is 90.4 Å². The van der Waals surface area contributed by atoms with Gasteiger partial charge in [0.1, 0.15) is 5.75 Å². The number of fused-ring (bicyclic) bond motifs is 1. The van der Waals surface area contributed by atoms with Crippen molar-refractivity contribution in [1.29, 1.82) is 0 Å². The van der Waals surface area contributed by atoms with Crippen LogP contribution in [0.3, 0.4) is 0 Å². The minimum absolute atomic E-state index is 0.268. The quantitative estimate of drug-likeness (QED) is 0.196. The average molecular weight is 476 g/mol. The Morgan fingerprint density at radius 2 is 1.39 bits per heavy atom. The van der Waals surface area contributed by atoms with Gasteiger partial charge in [0.2, 0.25) is 0 Å². The van der Waals surface area contributed by atoms with Crippen molar-refractivity contribution in [3.8, 4) is 22.6 Å². The molecule has 0 N–H and O–H groups in total. The van der Waals surface area contributed by atoms with Crippen LogP contribution >= 0.6 is 0 Å². The molecule has 0 aliphatic rings. The van der Waals surface area contributed by atoms with E-state index in [1.165, 1.54) is 0 Å². The number of hydrogen-bond donors (Lipinski definition) is 0. The number of carbonyl (C=O) groups is 2. The van der Waals surface area contributed by atoms with Gasteiger partial charge in [-0.15, -0.1) is 0 Å². The Labute approximate surface area is 209 Å². The maximum absolute atomic E-state index is 12.9. The van der Waals surface area contributed by atoms with Crippen molar-refractivity contribution in [3.05, 3.63) is 120 Å². The number of aromatic nitrogens is 1. The number of para-hydroxylation sites is 1. The highest BCUT2D eigenvalue weighted by Gasteiger charge is 2.23. The summed E-state index contributed by atoms with van der Waals surface area (Å²) in [6, 6.07) is 32.4. The molecule has 178 valence electrons. The molecular formula is C31H25NO4. The van der Waals surface area contributed by atoms with Gasteiger partial charge in [0, 0.05) is 16.8 Å². The smallest absolute Gasteiger partial charge is 0.343 e. The van der Waals surface area contributed by atoms with E-state index in [1.54, 1.807) is 31.2 Å². The standard InChI is InChI=1S/C31H25NO4/c1-3-35-31(34)29-21(2)32(25-12-8-5-9-13-25)28-19-18-26(20-27(28)29)36-30(33)24-16-14-23(15-17-24)22-10-6-4-7-11-22/h4-20H,3H2,1-2H3. The molecule has 5 rings (SSSR count). The van der Waals surface area contributed by atoms with Crippen LogP contribution in [0.25, 0.3) is 27.7 Å². The topological polar surface area (TPSA) is 57.5 Å². The fourth-order valence-electron chi connectivity index (χ4n) is 4.43. The summed E-state index contributed by atoms with van der Waals surface area (Å²) >= 11 is 0. The molecule has 0 spiro atoms. The van der Waals surface area contributed by atoms with Crippen molar-refractivity contribution < 1.29 is 19.1 Å². The molecule has 0 atom stereocenters. The molecule has 0 amide bonds. The molecule has 0 radical (unpaired) electrons. The zero-order chi connectivity index (χ0) is 25.1. The molecule has 1 heterocycles. The highest BCUT2D eigenvalue weighted by Crippen LogP contribution is 2.33. The molecule has 0 unspecified atom stereocenters. The lowest BCUT2D eigenvalue weighted by Crippen LogP contribution is -2.08. The molecule has 0 saturated carbocycles. The molecule has 4 aromatic carbocycles. The third kappa shape index (κ3) is 4.39. The summed E-state index contributed by atoms with van der Waals surface area (Å²) in [7, 11) is 0. The number of hydrogen-bond acceptors (Lipinski definition) is 4. The molecule has 36 heavy (non-hydrogen) atoms. The number of esters is 2. The second-order valence-corrected chi connectivity index (χ2v) is 8.36. The van der Waals surface area contributed by atoms with Crippen LogP contribution < -0.4 is 4.74 Å². The number of ether oxygens (including phenoxy) is 2. The van der Waals surface area contributed by atoms with E-state index in [9.17, 15) is 9.59 Å². The summed E-state index contributed by atoms with van der Waals surface area (Å²) in [6.45, 7) is 3.93. The number of nitrogens with zero attached hydrogens (tertiary/aromatic N) is 1. The first-order valence-electron chi connectivity index (χ1n) is 11.8. The molecule has 0 bridgehead atoms. The van der Waals surface area contributed by atoms with Crippen molar-refractivity contribution in [1.82, 2.24) is 4.57 Å². The SMILES string of the molecule is CCOC(=O)c1c(C)n(-c2ccccc2)c2ccc(OC(=O)c3ccc(-c4ccccc4)cc3)cc12. The van der Waals surface area contributed by atoms with Crippen molar-refractivity contribution in [2.24, 2.45) is 0 Å². The van der Waals surface area contributed by atoms with Gasteiger partial charge in [0.05, 0.1) is 23.3 Å². The lowest BCUT2D eigenvalue weighted by molar-refractivity contribution is 0.0527. The summed E-state index contributed by atoms with van der Waals surface area (Å²) in [5.74, 6) is -0.518. The maximum Gasteiger partial charge on any atom is 0.343 e. The van der Waals surface area contributed by atoms with Gasteiger partial charge in [-0.3, -0.25) is 0 Å². The number of rotatable bonds is 6. The summed E-state index contributed by atoms with van der Waals surface area (Å²) in [6.07, 6.45) is 0. The fraction of sp³-hybridized carbons (Fsp3) is 0.0968. The van der Waals surface area contributed by atoms with Crippen LogP contribution in [0.4, 0.5) is 0 Å². The van der Waals surface area contributed by atoms with Gasteiger partial charge in [-0.25, -0.2) is 9.59 Å². The van der Waals surface area contributed by atoms with Gasteiger partial charge in [-0.05, 0) is 67.4 Å². The van der Waals surface area contributed by atoms with Gasteiger partial charge in [0.15, 0.2) is 0 Å². The molecule has 5 nitrogen and oxygen atoms in total. The van der Waals surface area contributed by atoms with Gasteiger partial charge in [-0.1, -0.05) is 60.7 Å². The first-order valence-corrected chi connectivity index (χ1v) is 11.8. The number of carbonyl (C=O) groups excluding carboxylic acids is 2. The first kappa shape index (κ1) is 23.1. The van der Waals surface area contributed by atoms with E-state index in [0.29, 0.717) is 22.3 Å². The fourth-order valence-corrected chi connectivity index (χ4v) is 4.43. The third-order valence-electron chi connectivity index (χ3n) is 6.11. The Hall–Kier alpha value is -4.64. The van der Waals surface area contributed by atoms with E-state index < -0.39 is 11.9 Å². The molecule has 5 aromatic rings. The average Bonchev–Trinajstić information content (AvgIpc) is 3.21. The molecule has 0 aliphatic carbocycles. The summed E-state index contributed by atoms with van der Waals surface area (Å²) in [5, 5.41) is 0.666. The van der Waals surface area contributed by atoms with Gasteiger partial charge in [-0.2, -0.15) is 0 Å². The van der Waals surface area contributed by atoms with Gasteiger partial charge < -0.3 is 14.0 Å². The van der Waals surface area contributed by atoms with Crippen molar-refractivity contribution in [2.45, 2.75) is 13.8 Å². The minimum Gasteiger partial charge on any atom is -0.462 e. The maximum atomic E-state index is 12.9. The zero-order valence-corrected chi connectivity index (χ0v) is 20.1. The minimum atomic E-state index is -0.467. The Morgan fingerprint density at radius 3 is 2.06 bits per heavy atom. The van der Waals surface area contributed by atoms with Crippen LogP contribution in [0.2, 0.25) is 0 Å². The van der Waals surface area contributed by atoms with E-state index in [4.69, 9.17) is 9.47 Å². The molecule has 5 heteroatoms. The Morgan fingerprint density at radius 1 is 0.750 bits per heavy atom. The van der Waals surface area contributed by atoms with Crippen molar-refractivity contribution >= 4 is 22.8 Å². The summed E-state index contributed by atoms with van der Waals surface area (Å²) in [5.41, 5.74) is 5.51. The van der Waals surface area contributed by atoms with E-state index in [2.05, 4.69) is 0 Å². The zero-order valence-electron chi connectivity index (χ0n) is 20.1. The number of benzene rings is 4. The Balaban J connectivity index is 1.49. The molecular weight excluding hydrogens is 450 g/mol. The second-order valence-electron chi connectivity index (χ2n) is 8.36. The lowest BCUT2D eigenvalue weighted by Gasteiger charge is -2.09. The van der Waals surface area contributed by atoms with Crippen LogP contribution in [-0.4, -0.2) is 23.1 Å². The third-order valence-corrected chi connectivity index (χ3v) is 6.11. The van der Waals surface area contributed by atoms with Crippen LogP contribution in [-0.2, 0) is 4.74 Å². The summed E-state index contributed by atoms with van der Waals surface area (Å²) in [4.78, 5) is 25.8. The van der Waals surface area contributed by atoms with Crippen LogP contribution in [0.5, 0.6) is 5.75 Å². The van der Waals surface area contributed by atoms with Gasteiger partial charge in [0.25, 0.3) is 0 Å². The van der Waals surface area contributed by atoms with E-state index in [-0.39, 0.29) is 6.61 Å². The molecule has 0 aliphatic heterocycles.